The molecule has 7 nitrogen and oxygen atoms in total. The summed E-state index contributed by atoms with van der Waals surface area (Å²) in [5, 5.41) is 7.71. The van der Waals surface area contributed by atoms with Crippen LogP contribution in [-0.2, 0) is 13.1 Å². The summed E-state index contributed by atoms with van der Waals surface area (Å²) in [5.41, 5.74) is 8.40. The van der Waals surface area contributed by atoms with Crippen LogP contribution in [0, 0.1) is 0 Å². The number of fused-ring (bicyclic) bond motifs is 1. The number of aromatic amines is 1. The van der Waals surface area contributed by atoms with Crippen molar-refractivity contribution in [2.75, 3.05) is 0 Å². The van der Waals surface area contributed by atoms with Crippen molar-refractivity contribution in [1.82, 2.24) is 30.0 Å². The smallest absolute Gasteiger partial charge is 0.162 e. The molecule has 0 aliphatic carbocycles. The zero-order chi connectivity index (χ0) is 22.3. The highest BCUT2D eigenvalue weighted by atomic mass is 15.3. The molecule has 1 aliphatic rings. The normalized spacial score (nSPS) is 13.6. The van der Waals surface area contributed by atoms with E-state index in [1.165, 1.54) is 11.9 Å². The molecule has 4 rings (SSSR count). The number of benzene rings is 1. The lowest BCUT2D eigenvalue weighted by Gasteiger charge is -2.04. The Labute approximate surface area is 187 Å². The van der Waals surface area contributed by atoms with Gasteiger partial charge in [-0.05, 0) is 31.6 Å². The number of aromatic nitrogens is 5. The summed E-state index contributed by atoms with van der Waals surface area (Å²) in [5.74, 6) is 1.52. The Kier molecular flexibility index (Phi) is 6.51. The number of hydrogen-bond donors (Lipinski definition) is 2. The van der Waals surface area contributed by atoms with Gasteiger partial charge >= 0.3 is 0 Å². The molecule has 0 spiro atoms. The molecule has 1 aromatic carbocycles. The molecular formula is C25H25N7. The number of nitrogens with zero attached hydrogens (tertiary/aromatic N) is 5. The van der Waals surface area contributed by atoms with E-state index < -0.39 is 0 Å². The van der Waals surface area contributed by atoms with Crippen molar-refractivity contribution in [3.8, 4) is 0 Å². The molecule has 2 N–H and O–H groups in total. The molecule has 0 bridgehead atoms. The Morgan fingerprint density at radius 1 is 1.25 bits per heavy atom. The molecular weight excluding hydrogens is 398 g/mol. The molecule has 7 heteroatoms. The van der Waals surface area contributed by atoms with Crippen LogP contribution in [0.2, 0.25) is 0 Å². The van der Waals surface area contributed by atoms with Gasteiger partial charge in [-0.25, -0.2) is 14.6 Å². The Hall–Kier alpha value is -4.06. The van der Waals surface area contributed by atoms with Gasteiger partial charge in [-0.15, -0.1) is 5.73 Å². The maximum atomic E-state index is 4.86. The van der Waals surface area contributed by atoms with Crippen LogP contribution in [0.3, 0.4) is 0 Å². The second-order valence-corrected chi connectivity index (χ2v) is 7.23. The van der Waals surface area contributed by atoms with Crippen LogP contribution in [-0.4, -0.2) is 30.4 Å². The first-order valence-electron chi connectivity index (χ1n) is 10.4. The Balaban J connectivity index is 1.70. The van der Waals surface area contributed by atoms with Gasteiger partial charge in [0.05, 0.1) is 18.0 Å². The van der Waals surface area contributed by atoms with Crippen LogP contribution in [0.1, 0.15) is 42.4 Å². The number of rotatable bonds is 8. The second-order valence-electron chi connectivity index (χ2n) is 7.23. The zero-order valence-electron chi connectivity index (χ0n) is 18.2. The van der Waals surface area contributed by atoms with E-state index in [9.17, 15) is 0 Å². The van der Waals surface area contributed by atoms with E-state index in [2.05, 4.69) is 44.8 Å². The molecule has 0 unspecified atom stereocenters. The maximum Gasteiger partial charge on any atom is 0.162 e. The van der Waals surface area contributed by atoms with E-state index in [0.717, 1.165) is 35.0 Å². The van der Waals surface area contributed by atoms with Gasteiger partial charge in [0.2, 0.25) is 0 Å². The second kappa shape index (κ2) is 9.83. The van der Waals surface area contributed by atoms with Crippen LogP contribution >= 0.6 is 0 Å². The van der Waals surface area contributed by atoms with Crippen LogP contribution in [0.15, 0.2) is 77.9 Å². The van der Waals surface area contributed by atoms with E-state index in [1.54, 1.807) is 16.8 Å². The molecule has 32 heavy (non-hydrogen) atoms. The van der Waals surface area contributed by atoms with Crippen molar-refractivity contribution in [3.05, 3.63) is 101 Å². The third-order valence-electron chi connectivity index (χ3n) is 4.97. The first-order valence-corrected chi connectivity index (χ1v) is 10.4. The lowest BCUT2D eigenvalue weighted by molar-refractivity contribution is 0.668. The minimum absolute atomic E-state index is 0.580. The fourth-order valence-corrected chi connectivity index (χ4v) is 3.24. The summed E-state index contributed by atoms with van der Waals surface area (Å²) < 4.78 is 1.71. The van der Waals surface area contributed by atoms with E-state index in [-0.39, 0.29) is 0 Å². The van der Waals surface area contributed by atoms with Crippen molar-refractivity contribution >= 4 is 23.6 Å². The largest absolute Gasteiger partial charge is 0.340 e. The molecule has 2 aromatic heterocycles. The average Bonchev–Trinajstić information content (AvgIpc) is 3.39. The number of aliphatic imine (C=N–C) groups is 1. The fraction of sp³-hybridized carbons (Fsp3) is 0.160. The van der Waals surface area contributed by atoms with Gasteiger partial charge in [0.25, 0.3) is 0 Å². The number of nitrogens with one attached hydrogen (secondary N) is 2. The first-order chi connectivity index (χ1) is 15.7. The minimum atomic E-state index is 0.580. The Morgan fingerprint density at radius 3 is 2.88 bits per heavy atom. The predicted molar refractivity (Wildman–Crippen MR) is 128 cm³/mol. The SMILES string of the molecule is C=C/C(=N\C(C)=C/C)c1nc(CNCc2ccccc2)[nH]c1C1=Cn2ncnc2C=C=C1. The van der Waals surface area contributed by atoms with Gasteiger partial charge in [0, 0.05) is 30.1 Å². The Morgan fingerprint density at radius 2 is 2.09 bits per heavy atom. The Bertz CT molecular complexity index is 1260. The van der Waals surface area contributed by atoms with E-state index in [4.69, 9.17) is 9.98 Å². The average molecular weight is 424 g/mol. The molecule has 0 atom stereocenters. The van der Waals surface area contributed by atoms with Gasteiger partial charge in [-0.2, -0.15) is 5.10 Å². The highest BCUT2D eigenvalue weighted by Gasteiger charge is 2.18. The number of H-pyrrole nitrogens is 1. The van der Waals surface area contributed by atoms with Crippen LogP contribution in [0.5, 0.6) is 0 Å². The summed E-state index contributed by atoms with van der Waals surface area (Å²) >= 11 is 0. The maximum absolute atomic E-state index is 4.86. The van der Waals surface area contributed by atoms with E-state index >= 15 is 0 Å². The standard InChI is InChI=1S/C25H25N7/c1-4-18(3)29-21(5-2)25-24(20-12-9-13-23-27-17-28-32(23)16-20)30-22(31-25)15-26-14-19-10-7-6-8-11-19/h4-8,10-13,16-17,26H,2,14-15H2,1,3H3,(H,30,31)/b18-4-,29-21+. The van der Waals surface area contributed by atoms with Gasteiger partial charge in [0.15, 0.2) is 5.82 Å². The molecule has 0 saturated heterocycles. The molecule has 1 aliphatic heterocycles. The van der Waals surface area contributed by atoms with Crippen molar-refractivity contribution in [1.29, 1.82) is 0 Å². The summed E-state index contributed by atoms with van der Waals surface area (Å²) in [7, 11) is 0. The quantitative estimate of drug-likeness (QED) is 0.416. The predicted octanol–water partition coefficient (Wildman–Crippen LogP) is 4.37. The molecule has 0 amide bonds. The van der Waals surface area contributed by atoms with E-state index in [0.29, 0.717) is 18.1 Å². The fourth-order valence-electron chi connectivity index (χ4n) is 3.24. The van der Waals surface area contributed by atoms with Crippen molar-refractivity contribution in [2.45, 2.75) is 26.9 Å². The first kappa shape index (κ1) is 21.2. The third kappa shape index (κ3) is 4.81. The zero-order valence-corrected chi connectivity index (χ0v) is 18.2. The molecule has 0 saturated carbocycles. The number of hydrogen-bond acceptors (Lipinski definition) is 5. The van der Waals surface area contributed by atoms with Gasteiger partial charge in [-0.1, -0.05) is 43.0 Å². The summed E-state index contributed by atoms with van der Waals surface area (Å²) in [4.78, 5) is 17.2. The third-order valence-corrected chi connectivity index (χ3v) is 4.97. The molecule has 3 aromatic rings. The van der Waals surface area contributed by atoms with E-state index in [1.807, 2.05) is 50.4 Å². The summed E-state index contributed by atoms with van der Waals surface area (Å²) in [6, 6.07) is 10.3. The summed E-state index contributed by atoms with van der Waals surface area (Å²) in [6.45, 7) is 9.20. The van der Waals surface area contributed by atoms with Crippen LogP contribution in [0.4, 0.5) is 0 Å². The summed E-state index contributed by atoms with van der Waals surface area (Å²) in [6.07, 6.45) is 10.8. The topological polar surface area (TPSA) is 83.8 Å². The lowest BCUT2D eigenvalue weighted by Crippen LogP contribution is -2.13. The van der Waals surface area contributed by atoms with Gasteiger partial charge < -0.3 is 10.3 Å². The van der Waals surface area contributed by atoms with Crippen molar-refractivity contribution in [2.24, 2.45) is 4.99 Å². The molecule has 3 heterocycles. The number of imidazole rings is 1. The van der Waals surface area contributed by atoms with Crippen molar-refractivity contribution in [3.63, 3.8) is 0 Å². The molecule has 0 fully saturated rings. The molecule has 0 radical (unpaired) electrons. The number of allylic oxidation sites excluding steroid dienone is 5. The minimum Gasteiger partial charge on any atom is -0.340 e. The van der Waals surface area contributed by atoms with Gasteiger partial charge in [0.1, 0.15) is 17.8 Å². The van der Waals surface area contributed by atoms with Crippen LogP contribution < -0.4 is 5.32 Å². The monoisotopic (exact) mass is 423 g/mol. The highest BCUT2D eigenvalue weighted by molar-refractivity contribution is 6.11. The van der Waals surface area contributed by atoms with Crippen molar-refractivity contribution < 1.29 is 0 Å². The highest BCUT2D eigenvalue weighted by Crippen LogP contribution is 2.23. The van der Waals surface area contributed by atoms with Gasteiger partial charge in [-0.3, -0.25) is 4.99 Å². The molecule has 160 valence electrons. The lowest BCUT2D eigenvalue weighted by atomic mass is 10.1. The van der Waals surface area contributed by atoms with Crippen LogP contribution in [0.25, 0.3) is 17.8 Å².